The van der Waals surface area contributed by atoms with Gasteiger partial charge in [0.1, 0.15) is 11.9 Å². The lowest BCUT2D eigenvalue weighted by Crippen LogP contribution is -2.18. The van der Waals surface area contributed by atoms with Crippen molar-refractivity contribution in [2.75, 3.05) is 18.1 Å². The first-order valence-corrected chi connectivity index (χ1v) is 7.69. The molecule has 1 aromatic carbocycles. The predicted octanol–water partition coefficient (Wildman–Crippen LogP) is 3.45. The summed E-state index contributed by atoms with van der Waals surface area (Å²) >= 11 is 1.83. The molecule has 0 amide bonds. The molecule has 0 unspecified atom stereocenters. The lowest BCUT2D eigenvalue weighted by atomic mass is 10.1. The normalized spacial score (nSPS) is 16.1. The number of nitrogens with zero attached hydrogens (tertiary/aromatic N) is 2. The van der Waals surface area contributed by atoms with E-state index < -0.39 is 0 Å². The summed E-state index contributed by atoms with van der Waals surface area (Å²) in [5.74, 6) is 0. The summed E-state index contributed by atoms with van der Waals surface area (Å²) in [5.41, 5.74) is 1.40. The number of pyridine rings is 1. The number of benzene rings is 1. The molecule has 1 saturated carbocycles. The molecule has 0 spiro atoms. The summed E-state index contributed by atoms with van der Waals surface area (Å²) in [7, 11) is 0. The molecular weight excluding hydrogens is 274 g/mol. The van der Waals surface area contributed by atoms with Crippen molar-refractivity contribution in [1.82, 2.24) is 4.98 Å². The average Bonchev–Trinajstić information content (AvgIpc) is 3.25. The first-order valence-electron chi connectivity index (χ1n) is 6.46. The van der Waals surface area contributed by atoms with Crippen LogP contribution in [0.2, 0.25) is 0 Å². The van der Waals surface area contributed by atoms with Gasteiger partial charge in [0, 0.05) is 16.7 Å². The summed E-state index contributed by atoms with van der Waals surface area (Å²) in [6, 6.07) is 7.50. The Hall–Kier alpha value is -1.82. The fraction of sp³-hybridized carbons (Fsp3) is 0.357. The molecule has 1 aliphatic carbocycles. The minimum Gasteiger partial charge on any atom is -0.377 e. The Kier molecular flexibility index (Phi) is 3.25. The van der Waals surface area contributed by atoms with Crippen molar-refractivity contribution in [1.29, 1.82) is 0 Å². The molecule has 3 rings (SSSR count). The van der Waals surface area contributed by atoms with Gasteiger partial charge in [-0.25, -0.2) is 4.98 Å². The molecule has 1 heterocycles. The van der Waals surface area contributed by atoms with Crippen LogP contribution in [-0.2, 0) is 0 Å². The predicted molar refractivity (Wildman–Crippen MR) is 82.4 cm³/mol. The third kappa shape index (κ3) is 2.31. The second-order valence-electron chi connectivity index (χ2n) is 5.03. The van der Waals surface area contributed by atoms with Gasteiger partial charge in [0.25, 0.3) is 0 Å². The molecule has 5 nitrogen and oxygen atoms in total. The Bertz CT molecular complexity index is 671. The monoisotopic (exact) mass is 289 g/mol. The standard InChI is InChI=1S/C14H15N3O2S/c1-20-14(6-7-14)9-16-13-10-4-2-3-5-11(10)15-8-12(13)17(18)19/h2-5,8H,6-7,9H2,1H3,(H,15,16). The molecule has 2 aromatic rings. The maximum Gasteiger partial charge on any atom is 0.311 e. The van der Waals surface area contributed by atoms with E-state index in [1.807, 2.05) is 36.0 Å². The van der Waals surface area contributed by atoms with Crippen LogP contribution in [0.4, 0.5) is 11.4 Å². The van der Waals surface area contributed by atoms with E-state index >= 15 is 0 Å². The number of aromatic nitrogens is 1. The summed E-state index contributed by atoms with van der Waals surface area (Å²) < 4.78 is 0.248. The van der Waals surface area contributed by atoms with Crippen molar-refractivity contribution in [3.63, 3.8) is 0 Å². The molecule has 0 radical (unpaired) electrons. The van der Waals surface area contributed by atoms with Gasteiger partial charge in [-0.05, 0) is 25.2 Å². The summed E-state index contributed by atoms with van der Waals surface area (Å²) in [6.45, 7) is 0.753. The van der Waals surface area contributed by atoms with Gasteiger partial charge in [-0.15, -0.1) is 0 Å². The topological polar surface area (TPSA) is 68.1 Å². The lowest BCUT2D eigenvalue weighted by molar-refractivity contribution is -0.384. The van der Waals surface area contributed by atoms with E-state index in [4.69, 9.17) is 0 Å². The van der Waals surface area contributed by atoms with Crippen molar-refractivity contribution in [3.05, 3.63) is 40.6 Å². The number of hydrogen-bond acceptors (Lipinski definition) is 5. The molecule has 0 aliphatic heterocycles. The molecule has 104 valence electrons. The molecule has 6 heteroatoms. The Morgan fingerprint density at radius 2 is 2.20 bits per heavy atom. The third-order valence-electron chi connectivity index (χ3n) is 3.78. The van der Waals surface area contributed by atoms with E-state index in [2.05, 4.69) is 16.6 Å². The number of thioether (sulfide) groups is 1. The first-order chi connectivity index (χ1) is 9.65. The lowest BCUT2D eigenvalue weighted by Gasteiger charge is -2.15. The van der Waals surface area contributed by atoms with Gasteiger partial charge in [-0.2, -0.15) is 11.8 Å². The summed E-state index contributed by atoms with van der Waals surface area (Å²) in [5, 5.41) is 15.3. The Labute approximate surface area is 120 Å². The van der Waals surface area contributed by atoms with Crippen molar-refractivity contribution in [3.8, 4) is 0 Å². The number of anilines is 1. The van der Waals surface area contributed by atoms with Gasteiger partial charge in [-0.3, -0.25) is 10.1 Å². The van der Waals surface area contributed by atoms with Crippen molar-refractivity contribution >= 4 is 34.0 Å². The quantitative estimate of drug-likeness (QED) is 0.674. The van der Waals surface area contributed by atoms with Gasteiger partial charge in [0.2, 0.25) is 0 Å². The molecular formula is C14H15N3O2S. The van der Waals surface area contributed by atoms with Gasteiger partial charge < -0.3 is 5.32 Å². The number of para-hydroxylation sites is 1. The van der Waals surface area contributed by atoms with E-state index in [1.165, 1.54) is 6.20 Å². The zero-order valence-electron chi connectivity index (χ0n) is 11.1. The Morgan fingerprint density at radius 1 is 1.45 bits per heavy atom. The van der Waals surface area contributed by atoms with Crippen LogP contribution in [0.25, 0.3) is 10.9 Å². The van der Waals surface area contributed by atoms with Crippen molar-refractivity contribution in [2.45, 2.75) is 17.6 Å². The fourth-order valence-electron chi connectivity index (χ4n) is 2.30. The van der Waals surface area contributed by atoms with Crippen LogP contribution in [0.1, 0.15) is 12.8 Å². The molecule has 1 fully saturated rings. The highest BCUT2D eigenvalue weighted by molar-refractivity contribution is 8.00. The molecule has 0 saturated heterocycles. The molecule has 20 heavy (non-hydrogen) atoms. The minimum absolute atomic E-state index is 0.0422. The zero-order chi connectivity index (χ0) is 14.2. The van der Waals surface area contributed by atoms with Crippen LogP contribution >= 0.6 is 11.8 Å². The smallest absolute Gasteiger partial charge is 0.311 e. The van der Waals surface area contributed by atoms with Crippen LogP contribution in [0, 0.1) is 10.1 Å². The number of fused-ring (bicyclic) bond motifs is 1. The third-order valence-corrected chi connectivity index (χ3v) is 5.20. The number of nitro groups is 1. The van der Waals surface area contributed by atoms with E-state index in [-0.39, 0.29) is 15.4 Å². The summed E-state index contributed by atoms with van der Waals surface area (Å²) in [4.78, 5) is 15.0. The largest absolute Gasteiger partial charge is 0.377 e. The Morgan fingerprint density at radius 3 is 2.85 bits per heavy atom. The second kappa shape index (κ2) is 4.94. The van der Waals surface area contributed by atoms with E-state index in [0.29, 0.717) is 5.69 Å². The molecule has 1 aliphatic rings. The van der Waals surface area contributed by atoms with Crippen LogP contribution in [-0.4, -0.2) is 27.5 Å². The Balaban J connectivity index is 2.01. The highest BCUT2D eigenvalue weighted by atomic mass is 32.2. The van der Waals surface area contributed by atoms with Gasteiger partial charge in [-0.1, -0.05) is 18.2 Å². The number of nitrogens with one attached hydrogen (secondary N) is 1. The highest BCUT2D eigenvalue weighted by Gasteiger charge is 2.42. The van der Waals surface area contributed by atoms with Crippen LogP contribution < -0.4 is 5.32 Å². The zero-order valence-corrected chi connectivity index (χ0v) is 11.9. The minimum atomic E-state index is -0.375. The average molecular weight is 289 g/mol. The van der Waals surface area contributed by atoms with Gasteiger partial charge >= 0.3 is 5.69 Å². The van der Waals surface area contributed by atoms with Crippen LogP contribution in [0.5, 0.6) is 0 Å². The second-order valence-corrected chi connectivity index (χ2v) is 6.31. The number of hydrogen-bond donors (Lipinski definition) is 1. The first kappa shape index (κ1) is 13.2. The molecule has 0 bridgehead atoms. The van der Waals surface area contributed by atoms with Crippen molar-refractivity contribution < 1.29 is 4.92 Å². The highest BCUT2D eigenvalue weighted by Crippen LogP contribution is 2.47. The van der Waals surface area contributed by atoms with Gasteiger partial charge in [0.15, 0.2) is 0 Å². The van der Waals surface area contributed by atoms with Gasteiger partial charge in [0.05, 0.1) is 10.4 Å². The number of rotatable bonds is 5. The molecule has 1 aromatic heterocycles. The summed E-state index contributed by atoms with van der Waals surface area (Å²) in [6.07, 6.45) is 5.76. The SMILES string of the molecule is CSC1(CNc2c([N+](=O)[O-])cnc3ccccc23)CC1. The maximum absolute atomic E-state index is 11.2. The van der Waals surface area contributed by atoms with E-state index in [0.717, 1.165) is 30.3 Å². The fourth-order valence-corrected chi connectivity index (χ4v) is 3.02. The molecule has 0 atom stereocenters. The van der Waals surface area contributed by atoms with E-state index in [1.54, 1.807) is 0 Å². The van der Waals surface area contributed by atoms with Crippen LogP contribution in [0.15, 0.2) is 30.5 Å². The van der Waals surface area contributed by atoms with Crippen molar-refractivity contribution in [2.24, 2.45) is 0 Å². The maximum atomic E-state index is 11.2. The van der Waals surface area contributed by atoms with E-state index in [9.17, 15) is 10.1 Å². The van der Waals surface area contributed by atoms with Crippen LogP contribution in [0.3, 0.4) is 0 Å². The molecule has 1 N–H and O–H groups in total.